The number of esters is 1. The van der Waals surface area contributed by atoms with Crippen molar-refractivity contribution in [3.8, 4) is 0 Å². The van der Waals surface area contributed by atoms with Crippen molar-refractivity contribution in [2.24, 2.45) is 5.41 Å². The highest BCUT2D eigenvalue weighted by atomic mass is 16.5. The number of carbonyl (C=O) groups excluding carboxylic acids is 2. The maximum Gasteiger partial charge on any atom is 0.340 e. The molecule has 0 fully saturated rings. The number of nitrogens with zero attached hydrogens (tertiary/aromatic N) is 1. The summed E-state index contributed by atoms with van der Waals surface area (Å²) in [5, 5.41) is 2.96. The third kappa shape index (κ3) is 5.37. The molecule has 6 nitrogen and oxygen atoms in total. The van der Waals surface area contributed by atoms with Gasteiger partial charge in [-0.1, -0.05) is 13.8 Å². The molecular formula is C18H31N3O3. The van der Waals surface area contributed by atoms with Gasteiger partial charge in [0, 0.05) is 18.8 Å². The summed E-state index contributed by atoms with van der Waals surface area (Å²) in [6.45, 7) is 12.8. The lowest BCUT2D eigenvalue weighted by Crippen LogP contribution is -2.40. The van der Waals surface area contributed by atoms with Crippen molar-refractivity contribution in [3.05, 3.63) is 22.5 Å². The first-order valence-electron chi connectivity index (χ1n) is 8.27. The lowest BCUT2D eigenvalue weighted by molar-refractivity contribution is 0.0376. The maximum absolute atomic E-state index is 12.5. The van der Waals surface area contributed by atoms with E-state index in [2.05, 4.69) is 29.0 Å². The number of carbonyl (C=O) groups is 2. The molecule has 2 N–H and O–H groups in total. The Morgan fingerprint density at radius 2 is 1.83 bits per heavy atom. The monoisotopic (exact) mass is 337 g/mol. The molecular weight excluding hydrogens is 306 g/mol. The third-order valence-electron chi connectivity index (χ3n) is 3.68. The Morgan fingerprint density at radius 3 is 2.33 bits per heavy atom. The molecule has 24 heavy (non-hydrogen) atoms. The molecule has 0 spiro atoms. The molecule has 6 heteroatoms. The van der Waals surface area contributed by atoms with Gasteiger partial charge in [0.2, 0.25) is 0 Å². The zero-order chi connectivity index (χ0) is 18.7. The number of aromatic amines is 1. The second kappa shape index (κ2) is 7.83. The molecule has 0 atom stereocenters. The van der Waals surface area contributed by atoms with Gasteiger partial charge >= 0.3 is 5.97 Å². The second-order valence-electron chi connectivity index (χ2n) is 7.66. The lowest BCUT2D eigenvalue weighted by Gasteiger charge is -2.28. The number of aryl methyl sites for hydroxylation is 1. The summed E-state index contributed by atoms with van der Waals surface area (Å²) in [5.74, 6) is -0.603. The summed E-state index contributed by atoms with van der Waals surface area (Å²) in [6, 6.07) is 0. The molecule has 0 saturated carbocycles. The standard InChI is InChI=1S/C18H31N3O3/c1-11(2)24-17(23)14-12(3)15(20-13(14)4)16(22)19-9-18(5,6)10-21(7)8/h11,20H,9-10H2,1-8H3,(H,19,22). The largest absolute Gasteiger partial charge is 0.459 e. The van der Waals surface area contributed by atoms with Crippen LogP contribution in [0.2, 0.25) is 0 Å². The number of hydrogen-bond acceptors (Lipinski definition) is 4. The minimum atomic E-state index is -0.400. The Hall–Kier alpha value is -1.82. The fraction of sp³-hybridized carbons (Fsp3) is 0.667. The predicted octanol–water partition coefficient (Wildman–Crippen LogP) is 2.51. The van der Waals surface area contributed by atoms with Crippen LogP contribution in [-0.4, -0.2) is 55.0 Å². The van der Waals surface area contributed by atoms with Crippen molar-refractivity contribution in [1.82, 2.24) is 15.2 Å². The molecule has 0 aliphatic heterocycles. The van der Waals surface area contributed by atoms with Crippen LogP contribution < -0.4 is 5.32 Å². The van der Waals surface area contributed by atoms with E-state index < -0.39 is 5.97 Å². The quantitative estimate of drug-likeness (QED) is 0.750. The Balaban J connectivity index is 2.88. The third-order valence-corrected chi connectivity index (χ3v) is 3.68. The van der Waals surface area contributed by atoms with Crippen LogP contribution in [0, 0.1) is 19.3 Å². The van der Waals surface area contributed by atoms with Crippen LogP contribution in [0.5, 0.6) is 0 Å². The summed E-state index contributed by atoms with van der Waals surface area (Å²) in [7, 11) is 4.02. The van der Waals surface area contributed by atoms with Gasteiger partial charge in [-0.25, -0.2) is 4.79 Å². The predicted molar refractivity (Wildman–Crippen MR) is 95.5 cm³/mol. The normalized spacial score (nSPS) is 11.9. The Morgan fingerprint density at radius 1 is 1.25 bits per heavy atom. The first-order chi connectivity index (χ1) is 10.9. The van der Waals surface area contributed by atoms with Gasteiger partial charge in [0.1, 0.15) is 5.69 Å². The minimum Gasteiger partial charge on any atom is -0.459 e. The summed E-state index contributed by atoms with van der Waals surface area (Å²) in [4.78, 5) is 29.8. The van der Waals surface area contributed by atoms with Crippen LogP contribution in [0.4, 0.5) is 0 Å². The van der Waals surface area contributed by atoms with Crippen molar-refractivity contribution in [1.29, 1.82) is 0 Å². The molecule has 0 saturated heterocycles. The molecule has 0 radical (unpaired) electrons. The smallest absolute Gasteiger partial charge is 0.340 e. The number of nitrogens with one attached hydrogen (secondary N) is 2. The first-order valence-corrected chi connectivity index (χ1v) is 8.27. The number of hydrogen-bond donors (Lipinski definition) is 2. The van der Waals surface area contributed by atoms with E-state index >= 15 is 0 Å². The molecule has 1 amide bonds. The summed E-state index contributed by atoms with van der Waals surface area (Å²) in [6.07, 6.45) is -0.199. The summed E-state index contributed by atoms with van der Waals surface area (Å²) < 4.78 is 5.25. The maximum atomic E-state index is 12.5. The van der Waals surface area contributed by atoms with E-state index in [0.717, 1.165) is 6.54 Å². The van der Waals surface area contributed by atoms with Gasteiger partial charge in [-0.15, -0.1) is 0 Å². The molecule has 0 aliphatic carbocycles. The highest BCUT2D eigenvalue weighted by molar-refractivity contribution is 6.00. The first kappa shape index (κ1) is 20.2. The van der Waals surface area contributed by atoms with Crippen molar-refractivity contribution in [2.45, 2.75) is 47.6 Å². The number of amides is 1. The average Bonchev–Trinajstić information content (AvgIpc) is 2.69. The number of rotatable bonds is 7. The van der Waals surface area contributed by atoms with Gasteiger partial charge in [-0.3, -0.25) is 4.79 Å². The van der Waals surface area contributed by atoms with Crippen molar-refractivity contribution in [3.63, 3.8) is 0 Å². The van der Waals surface area contributed by atoms with Gasteiger partial charge in [0.05, 0.1) is 11.7 Å². The molecule has 1 heterocycles. The lowest BCUT2D eigenvalue weighted by atomic mass is 9.93. The van der Waals surface area contributed by atoms with Crippen molar-refractivity contribution in [2.75, 3.05) is 27.2 Å². The SMILES string of the molecule is Cc1[nH]c(C(=O)NCC(C)(C)CN(C)C)c(C)c1C(=O)OC(C)C. The van der Waals surface area contributed by atoms with E-state index in [0.29, 0.717) is 29.1 Å². The Labute approximate surface area is 144 Å². The topological polar surface area (TPSA) is 74.4 Å². The van der Waals surface area contributed by atoms with Gasteiger partial charge < -0.3 is 19.9 Å². The molecule has 0 aromatic carbocycles. The molecule has 0 bridgehead atoms. The zero-order valence-electron chi connectivity index (χ0n) is 16.2. The van der Waals surface area contributed by atoms with Crippen molar-refractivity contribution >= 4 is 11.9 Å². The molecule has 0 aliphatic rings. The Bertz CT molecular complexity index is 601. The van der Waals surface area contributed by atoms with E-state index in [-0.39, 0.29) is 17.4 Å². The molecule has 1 aromatic heterocycles. The number of H-pyrrole nitrogens is 1. The average molecular weight is 337 g/mol. The molecule has 1 rings (SSSR count). The zero-order valence-corrected chi connectivity index (χ0v) is 16.2. The summed E-state index contributed by atoms with van der Waals surface area (Å²) >= 11 is 0. The van der Waals surface area contributed by atoms with E-state index in [4.69, 9.17) is 4.74 Å². The van der Waals surface area contributed by atoms with Gasteiger partial charge in [-0.05, 0) is 52.8 Å². The van der Waals surface area contributed by atoms with Crippen LogP contribution in [-0.2, 0) is 4.74 Å². The van der Waals surface area contributed by atoms with Crippen LogP contribution in [0.3, 0.4) is 0 Å². The number of aromatic nitrogens is 1. The van der Waals surface area contributed by atoms with Crippen LogP contribution in [0.1, 0.15) is 59.8 Å². The minimum absolute atomic E-state index is 0.0475. The second-order valence-corrected chi connectivity index (χ2v) is 7.66. The van der Waals surface area contributed by atoms with Gasteiger partial charge in [-0.2, -0.15) is 0 Å². The van der Waals surface area contributed by atoms with Crippen molar-refractivity contribution < 1.29 is 14.3 Å². The highest BCUT2D eigenvalue weighted by Gasteiger charge is 2.25. The Kier molecular flexibility index (Phi) is 6.60. The summed E-state index contributed by atoms with van der Waals surface area (Å²) in [5.41, 5.74) is 2.09. The molecule has 0 unspecified atom stereocenters. The van der Waals surface area contributed by atoms with Gasteiger partial charge in [0.25, 0.3) is 5.91 Å². The van der Waals surface area contributed by atoms with Crippen LogP contribution >= 0.6 is 0 Å². The van der Waals surface area contributed by atoms with Crippen LogP contribution in [0.15, 0.2) is 0 Å². The molecule has 1 aromatic rings. The van der Waals surface area contributed by atoms with Gasteiger partial charge in [0.15, 0.2) is 0 Å². The number of ether oxygens (including phenoxy) is 1. The molecule has 136 valence electrons. The fourth-order valence-corrected chi connectivity index (χ4v) is 2.88. The fourth-order valence-electron chi connectivity index (χ4n) is 2.88. The van der Waals surface area contributed by atoms with E-state index in [1.807, 2.05) is 14.1 Å². The van der Waals surface area contributed by atoms with E-state index in [9.17, 15) is 9.59 Å². The van der Waals surface area contributed by atoms with Crippen LogP contribution in [0.25, 0.3) is 0 Å². The highest BCUT2D eigenvalue weighted by Crippen LogP contribution is 2.20. The van der Waals surface area contributed by atoms with E-state index in [1.54, 1.807) is 27.7 Å². The van der Waals surface area contributed by atoms with E-state index in [1.165, 1.54) is 0 Å².